The van der Waals surface area contributed by atoms with E-state index in [1.54, 1.807) is 11.1 Å². The van der Waals surface area contributed by atoms with Gasteiger partial charge in [-0.2, -0.15) is 4.98 Å². The molecule has 190 valence electrons. The zero-order valence-corrected chi connectivity index (χ0v) is 21.7. The molecule has 2 aliphatic rings. The van der Waals surface area contributed by atoms with Crippen molar-refractivity contribution in [2.75, 3.05) is 13.1 Å². The largest absolute Gasteiger partial charge is 0.444 e. The molecule has 0 bridgehead atoms. The van der Waals surface area contributed by atoms with Gasteiger partial charge in [0.2, 0.25) is 0 Å². The van der Waals surface area contributed by atoms with Gasteiger partial charge in [-0.15, -0.1) is 5.10 Å². The van der Waals surface area contributed by atoms with Gasteiger partial charge in [-0.1, -0.05) is 11.3 Å². The van der Waals surface area contributed by atoms with Gasteiger partial charge >= 0.3 is 12.1 Å². The van der Waals surface area contributed by atoms with E-state index in [-0.39, 0.29) is 12.1 Å². The fraction of sp³-hybridized carbons (Fsp3) is 0.519. The monoisotopic (exact) mass is 490 g/mol. The first-order chi connectivity index (χ1) is 17.2. The number of hydrogen-bond acceptors (Lipinski definition) is 7. The van der Waals surface area contributed by atoms with Crippen molar-refractivity contribution < 1.29 is 14.3 Å². The van der Waals surface area contributed by atoms with Crippen molar-refractivity contribution in [3.63, 3.8) is 0 Å². The molecule has 36 heavy (non-hydrogen) atoms. The van der Waals surface area contributed by atoms with Gasteiger partial charge in [0.05, 0.1) is 17.4 Å². The molecule has 2 fully saturated rings. The predicted octanol–water partition coefficient (Wildman–Crippen LogP) is 5.59. The lowest BCUT2D eigenvalue weighted by Gasteiger charge is -2.33. The number of ether oxygens (including phenoxy) is 2. The molecule has 5 rings (SSSR count). The Morgan fingerprint density at radius 2 is 1.72 bits per heavy atom. The van der Waals surface area contributed by atoms with Crippen LogP contribution in [0.1, 0.15) is 75.2 Å². The van der Waals surface area contributed by atoms with Crippen molar-refractivity contribution in [1.29, 1.82) is 0 Å². The number of benzene rings is 1. The van der Waals surface area contributed by atoms with E-state index in [0.29, 0.717) is 30.8 Å². The Morgan fingerprint density at radius 1 is 1.03 bits per heavy atom. The van der Waals surface area contributed by atoms with Crippen LogP contribution in [-0.4, -0.2) is 54.6 Å². The number of carbonyl (C=O) groups is 1. The van der Waals surface area contributed by atoms with Gasteiger partial charge in [-0.05, 0) is 89.6 Å². The molecule has 3 heterocycles. The molecule has 1 aliphatic heterocycles. The van der Waals surface area contributed by atoms with Crippen LogP contribution in [0.5, 0.6) is 11.8 Å². The number of aryl methyl sites for hydroxylation is 2. The molecule has 0 unspecified atom stereocenters. The summed E-state index contributed by atoms with van der Waals surface area (Å²) in [6.07, 6.45) is 5.23. The second-order valence-corrected chi connectivity index (χ2v) is 10.9. The summed E-state index contributed by atoms with van der Waals surface area (Å²) in [4.78, 5) is 23.4. The highest BCUT2D eigenvalue weighted by molar-refractivity contribution is 5.68. The number of nitrogens with zero attached hydrogens (tertiary/aromatic N) is 6. The highest BCUT2D eigenvalue weighted by atomic mass is 16.6. The first-order valence-corrected chi connectivity index (χ1v) is 12.7. The van der Waals surface area contributed by atoms with Crippen LogP contribution in [0, 0.1) is 13.8 Å². The number of aromatic nitrogens is 5. The molecule has 1 amide bonds. The highest BCUT2D eigenvalue weighted by Gasteiger charge is 2.35. The van der Waals surface area contributed by atoms with Crippen molar-refractivity contribution in [3.05, 3.63) is 47.3 Å². The van der Waals surface area contributed by atoms with Gasteiger partial charge in [-0.25, -0.2) is 14.5 Å². The van der Waals surface area contributed by atoms with Gasteiger partial charge < -0.3 is 14.4 Å². The molecule has 1 aliphatic carbocycles. The summed E-state index contributed by atoms with van der Waals surface area (Å²) < 4.78 is 13.6. The summed E-state index contributed by atoms with van der Waals surface area (Å²) in [6, 6.07) is 8.37. The Morgan fingerprint density at radius 3 is 2.36 bits per heavy atom. The van der Waals surface area contributed by atoms with Gasteiger partial charge in [-0.3, -0.25) is 0 Å². The molecule has 3 aromatic rings. The molecule has 0 radical (unpaired) electrons. The van der Waals surface area contributed by atoms with E-state index in [4.69, 9.17) is 14.5 Å². The van der Waals surface area contributed by atoms with Crippen LogP contribution in [0.4, 0.5) is 4.79 Å². The van der Waals surface area contributed by atoms with Crippen LogP contribution in [0.15, 0.2) is 30.5 Å². The number of hydrogen-bond donors (Lipinski definition) is 0. The summed E-state index contributed by atoms with van der Waals surface area (Å²) >= 11 is 0. The Balaban J connectivity index is 1.38. The van der Waals surface area contributed by atoms with Crippen LogP contribution >= 0.6 is 0 Å². The number of piperidine rings is 1. The Kier molecular flexibility index (Phi) is 6.40. The lowest BCUT2D eigenvalue weighted by molar-refractivity contribution is 0.0185. The number of rotatable bonds is 5. The smallest absolute Gasteiger partial charge is 0.410 e. The third kappa shape index (κ3) is 5.50. The van der Waals surface area contributed by atoms with E-state index in [2.05, 4.69) is 21.4 Å². The van der Waals surface area contributed by atoms with Crippen LogP contribution in [-0.2, 0) is 4.74 Å². The van der Waals surface area contributed by atoms with Crippen LogP contribution in [0.25, 0.3) is 11.4 Å². The maximum atomic E-state index is 12.5. The van der Waals surface area contributed by atoms with Crippen molar-refractivity contribution in [3.8, 4) is 23.1 Å². The summed E-state index contributed by atoms with van der Waals surface area (Å²) in [6.45, 7) is 11.0. The average molecular weight is 491 g/mol. The number of amides is 1. The van der Waals surface area contributed by atoms with E-state index in [1.807, 2.05) is 57.5 Å². The molecule has 2 aromatic heterocycles. The Labute approximate surface area is 211 Å². The van der Waals surface area contributed by atoms with Crippen molar-refractivity contribution >= 4 is 6.09 Å². The molecule has 9 heteroatoms. The van der Waals surface area contributed by atoms with Gasteiger partial charge in [0.15, 0.2) is 0 Å². The molecule has 1 aromatic carbocycles. The van der Waals surface area contributed by atoms with Crippen LogP contribution in [0.3, 0.4) is 0 Å². The minimum Gasteiger partial charge on any atom is -0.444 e. The lowest BCUT2D eigenvalue weighted by Crippen LogP contribution is -2.42. The van der Waals surface area contributed by atoms with E-state index in [9.17, 15) is 4.79 Å². The number of carbonyl (C=O) groups excluding carboxylic acids is 1. The first-order valence-electron chi connectivity index (χ1n) is 12.7. The minimum atomic E-state index is -0.504. The molecular weight excluding hydrogens is 456 g/mol. The van der Waals surface area contributed by atoms with Gasteiger partial charge in [0.25, 0.3) is 0 Å². The van der Waals surface area contributed by atoms with Gasteiger partial charge in [0, 0.05) is 25.2 Å². The predicted molar refractivity (Wildman–Crippen MR) is 135 cm³/mol. The standard InChI is InChI=1S/C27H34N6O3/c1-17-14-18(2)16-21(15-17)35-25-28-11-8-22(29-25)24-23(19-6-7-19)30-31-33(24)20-9-12-32(13-10-20)26(34)36-27(3,4)5/h8,11,14-16,19-20H,6-7,9-10,12-13H2,1-5H3. The molecule has 1 saturated heterocycles. The van der Waals surface area contributed by atoms with E-state index < -0.39 is 5.60 Å². The minimum absolute atomic E-state index is 0.123. The lowest BCUT2D eigenvalue weighted by atomic mass is 10.0. The van der Waals surface area contributed by atoms with Crippen molar-refractivity contribution in [2.45, 2.75) is 77.9 Å². The number of likely N-dealkylation sites (tertiary alicyclic amines) is 1. The Bertz CT molecular complexity index is 1230. The van der Waals surface area contributed by atoms with Crippen LogP contribution < -0.4 is 4.74 Å². The third-order valence-corrected chi connectivity index (χ3v) is 6.43. The average Bonchev–Trinajstić information content (AvgIpc) is 3.55. The maximum absolute atomic E-state index is 12.5. The molecule has 0 N–H and O–H groups in total. The molecular formula is C27H34N6O3. The second kappa shape index (κ2) is 9.52. The Hall–Kier alpha value is -3.49. The normalized spacial score (nSPS) is 16.8. The molecule has 0 atom stereocenters. The second-order valence-electron chi connectivity index (χ2n) is 10.9. The first kappa shape index (κ1) is 24.2. The van der Waals surface area contributed by atoms with E-state index in [0.717, 1.165) is 53.9 Å². The molecule has 0 spiro atoms. The van der Waals surface area contributed by atoms with Gasteiger partial charge in [0.1, 0.15) is 17.0 Å². The maximum Gasteiger partial charge on any atom is 0.410 e. The van der Waals surface area contributed by atoms with Crippen LogP contribution in [0.2, 0.25) is 0 Å². The van der Waals surface area contributed by atoms with Crippen molar-refractivity contribution in [1.82, 2.24) is 29.9 Å². The quantitative estimate of drug-likeness (QED) is 0.460. The highest BCUT2D eigenvalue weighted by Crippen LogP contribution is 2.44. The zero-order valence-electron chi connectivity index (χ0n) is 21.7. The third-order valence-electron chi connectivity index (χ3n) is 6.43. The molecule has 9 nitrogen and oxygen atoms in total. The topological polar surface area (TPSA) is 95.3 Å². The fourth-order valence-electron chi connectivity index (χ4n) is 4.68. The van der Waals surface area contributed by atoms with E-state index >= 15 is 0 Å². The SMILES string of the molecule is Cc1cc(C)cc(Oc2nccc(-c3c(C4CC4)nnn3C3CCN(C(=O)OC(C)(C)C)CC3)n2)c1. The zero-order chi connectivity index (χ0) is 25.4. The molecule has 1 saturated carbocycles. The van der Waals surface area contributed by atoms with Crippen molar-refractivity contribution in [2.24, 2.45) is 0 Å². The van der Waals surface area contributed by atoms with E-state index in [1.165, 1.54) is 0 Å². The fourth-order valence-corrected chi connectivity index (χ4v) is 4.68. The summed E-state index contributed by atoms with van der Waals surface area (Å²) in [7, 11) is 0. The summed E-state index contributed by atoms with van der Waals surface area (Å²) in [5, 5.41) is 9.15. The summed E-state index contributed by atoms with van der Waals surface area (Å²) in [5.74, 6) is 1.13. The summed E-state index contributed by atoms with van der Waals surface area (Å²) in [5.41, 5.74) is 4.41.